The van der Waals surface area contributed by atoms with Gasteiger partial charge in [-0.1, -0.05) is 49.8 Å². The van der Waals surface area contributed by atoms with Gasteiger partial charge in [0.1, 0.15) is 5.82 Å². The summed E-state index contributed by atoms with van der Waals surface area (Å²) in [5.41, 5.74) is 2.20. The van der Waals surface area contributed by atoms with Crippen molar-refractivity contribution in [2.24, 2.45) is 4.99 Å². The molecular weight excluding hydrogens is 300 g/mol. The third-order valence-electron chi connectivity index (χ3n) is 3.71. The summed E-state index contributed by atoms with van der Waals surface area (Å²) in [6.45, 7) is 8.11. The Bertz CT molecular complexity index is 568. The first-order valence-electron chi connectivity index (χ1n) is 8.50. The first-order valence-corrected chi connectivity index (χ1v) is 8.50. The number of aliphatic imine (C=N–C) groups is 1. The Morgan fingerprint density at radius 2 is 2.17 bits per heavy atom. The van der Waals surface area contributed by atoms with Crippen LogP contribution in [0.2, 0.25) is 0 Å². The number of nitrogens with one attached hydrogen (secondary N) is 2. The van der Waals surface area contributed by atoms with Crippen LogP contribution in [0.25, 0.3) is 0 Å². The third kappa shape index (κ3) is 5.42. The van der Waals surface area contributed by atoms with E-state index in [0.717, 1.165) is 30.9 Å². The first kappa shape index (κ1) is 18.1. The molecule has 0 aromatic heterocycles. The van der Waals surface area contributed by atoms with Crippen LogP contribution >= 0.6 is 0 Å². The molecule has 0 aliphatic carbocycles. The topological polar surface area (TPSA) is 48.9 Å². The van der Waals surface area contributed by atoms with Crippen molar-refractivity contribution in [1.82, 2.24) is 15.5 Å². The molecule has 130 valence electrons. The van der Waals surface area contributed by atoms with Gasteiger partial charge in [0.2, 0.25) is 6.35 Å². The number of hydrogen-bond donors (Lipinski definition) is 2. The van der Waals surface area contributed by atoms with Crippen molar-refractivity contribution in [3.05, 3.63) is 60.1 Å². The van der Waals surface area contributed by atoms with E-state index in [-0.39, 0.29) is 6.35 Å². The van der Waals surface area contributed by atoms with E-state index in [9.17, 15) is 0 Å². The van der Waals surface area contributed by atoms with E-state index in [2.05, 4.69) is 65.3 Å². The van der Waals surface area contributed by atoms with Gasteiger partial charge in [-0.05, 0) is 12.0 Å². The van der Waals surface area contributed by atoms with Gasteiger partial charge in [-0.15, -0.1) is 6.58 Å². The molecule has 0 saturated heterocycles. The van der Waals surface area contributed by atoms with Crippen molar-refractivity contribution >= 4 is 6.21 Å². The van der Waals surface area contributed by atoms with Crippen LogP contribution in [0, 0.1) is 0 Å². The molecule has 2 rings (SSSR count). The fourth-order valence-electron chi connectivity index (χ4n) is 2.42. The standard InChI is InChI=1S/C19H28N4O/c1-4-6-13-24-19-21-14-17(20-12-5-2)18(22-19)23(3)15-16-10-8-7-9-11-16/h5,7-11,14,19-20,22H,2,4,6,12-13,15H2,1,3H3. The van der Waals surface area contributed by atoms with Gasteiger partial charge in [0.15, 0.2) is 0 Å². The van der Waals surface area contributed by atoms with Gasteiger partial charge in [0.05, 0.1) is 18.5 Å². The van der Waals surface area contributed by atoms with Gasteiger partial charge in [0.25, 0.3) is 0 Å². The fraction of sp³-hybridized carbons (Fsp3) is 0.421. The molecule has 1 unspecified atom stereocenters. The van der Waals surface area contributed by atoms with Crippen molar-refractivity contribution in [1.29, 1.82) is 0 Å². The minimum absolute atomic E-state index is 0.334. The average Bonchev–Trinajstić information content (AvgIpc) is 2.61. The molecule has 0 amide bonds. The fourth-order valence-corrected chi connectivity index (χ4v) is 2.42. The van der Waals surface area contributed by atoms with Crippen molar-refractivity contribution < 1.29 is 4.74 Å². The van der Waals surface area contributed by atoms with E-state index in [1.54, 1.807) is 0 Å². The summed E-state index contributed by atoms with van der Waals surface area (Å²) in [6, 6.07) is 10.4. The molecule has 0 spiro atoms. The maximum absolute atomic E-state index is 5.79. The highest BCUT2D eigenvalue weighted by Gasteiger charge is 2.19. The van der Waals surface area contributed by atoms with Crippen LogP contribution in [-0.2, 0) is 11.3 Å². The molecule has 1 heterocycles. The second kappa shape index (κ2) is 9.78. The molecule has 1 aliphatic rings. The van der Waals surface area contributed by atoms with E-state index in [0.29, 0.717) is 13.2 Å². The zero-order chi connectivity index (χ0) is 17.2. The van der Waals surface area contributed by atoms with Crippen molar-refractivity contribution in [3.8, 4) is 0 Å². The first-order chi connectivity index (χ1) is 11.7. The molecule has 1 atom stereocenters. The van der Waals surface area contributed by atoms with Gasteiger partial charge in [-0.2, -0.15) is 0 Å². The Hall–Kier alpha value is -2.27. The minimum atomic E-state index is -0.334. The average molecular weight is 328 g/mol. The SMILES string of the molecule is C=CCNC1=C(N(C)Cc2ccccc2)NC(OCCCC)N=C1. The summed E-state index contributed by atoms with van der Waals surface area (Å²) in [6.07, 6.45) is 5.49. The quantitative estimate of drug-likeness (QED) is 0.512. The highest BCUT2D eigenvalue weighted by Crippen LogP contribution is 2.14. The van der Waals surface area contributed by atoms with E-state index in [4.69, 9.17) is 4.74 Å². The summed E-state index contributed by atoms with van der Waals surface area (Å²) in [5, 5.41) is 6.71. The number of nitrogens with zero attached hydrogens (tertiary/aromatic N) is 2. The Morgan fingerprint density at radius 1 is 1.38 bits per heavy atom. The molecule has 0 saturated carbocycles. The van der Waals surface area contributed by atoms with Crippen LogP contribution in [-0.4, -0.2) is 37.7 Å². The van der Waals surface area contributed by atoms with E-state index in [1.807, 2.05) is 18.4 Å². The second-order valence-electron chi connectivity index (χ2n) is 5.77. The zero-order valence-corrected chi connectivity index (χ0v) is 14.7. The Morgan fingerprint density at radius 3 is 2.88 bits per heavy atom. The van der Waals surface area contributed by atoms with Gasteiger partial charge in [0, 0.05) is 20.1 Å². The number of hydrogen-bond acceptors (Lipinski definition) is 5. The van der Waals surface area contributed by atoms with Crippen molar-refractivity contribution in [2.75, 3.05) is 20.2 Å². The summed E-state index contributed by atoms with van der Waals surface area (Å²) in [4.78, 5) is 6.60. The van der Waals surface area contributed by atoms with Crippen molar-refractivity contribution in [3.63, 3.8) is 0 Å². The smallest absolute Gasteiger partial charge is 0.226 e. The predicted molar refractivity (Wildman–Crippen MR) is 99.4 cm³/mol. The Labute approximate surface area is 145 Å². The predicted octanol–water partition coefficient (Wildman–Crippen LogP) is 2.84. The molecular formula is C19H28N4O. The number of unbranched alkanes of at least 4 members (excludes halogenated alkanes) is 1. The summed E-state index contributed by atoms with van der Waals surface area (Å²) in [7, 11) is 2.06. The summed E-state index contributed by atoms with van der Waals surface area (Å²) in [5.74, 6) is 0.984. The maximum Gasteiger partial charge on any atom is 0.226 e. The van der Waals surface area contributed by atoms with Crippen LogP contribution < -0.4 is 10.6 Å². The molecule has 1 aromatic rings. The van der Waals surface area contributed by atoms with Gasteiger partial charge >= 0.3 is 0 Å². The summed E-state index contributed by atoms with van der Waals surface area (Å²) >= 11 is 0. The monoisotopic (exact) mass is 328 g/mol. The highest BCUT2D eigenvalue weighted by molar-refractivity contribution is 5.79. The molecule has 2 N–H and O–H groups in total. The van der Waals surface area contributed by atoms with Crippen LogP contribution in [0.4, 0.5) is 0 Å². The Balaban J connectivity index is 2.07. The van der Waals surface area contributed by atoms with E-state index < -0.39 is 0 Å². The lowest BCUT2D eigenvalue weighted by Crippen LogP contribution is -2.42. The molecule has 1 aliphatic heterocycles. The lowest BCUT2D eigenvalue weighted by molar-refractivity contribution is 0.0337. The molecule has 24 heavy (non-hydrogen) atoms. The molecule has 5 nitrogen and oxygen atoms in total. The van der Waals surface area contributed by atoms with Gasteiger partial charge in [-0.25, -0.2) is 4.99 Å². The highest BCUT2D eigenvalue weighted by atomic mass is 16.5. The molecule has 0 bridgehead atoms. The second-order valence-corrected chi connectivity index (χ2v) is 5.77. The van der Waals surface area contributed by atoms with E-state index >= 15 is 0 Å². The van der Waals surface area contributed by atoms with Gasteiger partial charge in [-0.3, -0.25) is 0 Å². The lowest BCUT2D eigenvalue weighted by atomic mass is 10.2. The summed E-state index contributed by atoms with van der Waals surface area (Å²) < 4.78 is 5.79. The number of allylic oxidation sites excluding steroid dienone is 1. The molecule has 0 radical (unpaired) electrons. The number of ether oxygens (including phenoxy) is 1. The maximum atomic E-state index is 5.79. The van der Waals surface area contributed by atoms with Crippen LogP contribution in [0.3, 0.4) is 0 Å². The van der Waals surface area contributed by atoms with E-state index in [1.165, 1.54) is 5.56 Å². The normalized spacial score (nSPS) is 16.7. The zero-order valence-electron chi connectivity index (χ0n) is 14.7. The molecule has 0 fully saturated rings. The minimum Gasteiger partial charge on any atom is -0.377 e. The van der Waals surface area contributed by atoms with Crippen LogP contribution in [0.5, 0.6) is 0 Å². The number of benzene rings is 1. The van der Waals surface area contributed by atoms with Crippen LogP contribution in [0.15, 0.2) is 59.5 Å². The largest absolute Gasteiger partial charge is 0.377 e. The third-order valence-corrected chi connectivity index (χ3v) is 3.71. The molecule has 1 aromatic carbocycles. The van der Waals surface area contributed by atoms with Gasteiger partial charge < -0.3 is 20.3 Å². The van der Waals surface area contributed by atoms with Crippen LogP contribution in [0.1, 0.15) is 25.3 Å². The van der Waals surface area contributed by atoms with Crippen molar-refractivity contribution in [2.45, 2.75) is 32.7 Å². The number of rotatable bonds is 10. The Kier molecular flexibility index (Phi) is 7.36. The lowest BCUT2D eigenvalue weighted by Gasteiger charge is -2.31. The molecule has 5 heteroatoms.